The van der Waals surface area contributed by atoms with Gasteiger partial charge in [-0.1, -0.05) is 47.5 Å². The van der Waals surface area contributed by atoms with Gasteiger partial charge in [-0.15, -0.1) is 0 Å². The van der Waals surface area contributed by atoms with Gasteiger partial charge in [0.05, 0.1) is 69.4 Å². The van der Waals surface area contributed by atoms with Gasteiger partial charge >= 0.3 is 6.09 Å². The molecule has 5 amide bonds. The molecule has 0 saturated carbocycles. The van der Waals surface area contributed by atoms with Gasteiger partial charge in [0.1, 0.15) is 28.5 Å². The van der Waals surface area contributed by atoms with Crippen molar-refractivity contribution in [1.82, 2.24) is 59.9 Å². The first-order chi connectivity index (χ1) is 39.9. The normalized spacial score (nSPS) is 13.9. The van der Waals surface area contributed by atoms with E-state index < -0.39 is 29.2 Å². The molecule has 9 N–H and O–H groups in total. The summed E-state index contributed by atoms with van der Waals surface area (Å²) >= 11 is 13.0. The number of anilines is 4. The molecule has 0 bridgehead atoms. The maximum atomic E-state index is 13.1. The van der Waals surface area contributed by atoms with Crippen LogP contribution in [0, 0.1) is 13.8 Å². The van der Waals surface area contributed by atoms with Crippen LogP contribution in [0.2, 0.25) is 10.0 Å². The van der Waals surface area contributed by atoms with Crippen LogP contribution in [0.3, 0.4) is 0 Å². The summed E-state index contributed by atoms with van der Waals surface area (Å²) in [5, 5.41) is 14.8. The van der Waals surface area contributed by atoms with Crippen molar-refractivity contribution in [3.05, 3.63) is 129 Å². The van der Waals surface area contributed by atoms with Gasteiger partial charge in [-0.2, -0.15) is 0 Å². The number of piperazine rings is 2. The quantitative estimate of drug-likeness (QED) is 0.0364. The number of fused-ring (bicyclic) bond motifs is 2. The highest BCUT2D eigenvalue weighted by Gasteiger charge is 2.27. The number of H-pyrrole nitrogens is 4. The number of nitrogens with zero attached hydrogens (tertiary/aromatic N) is 7. The van der Waals surface area contributed by atoms with E-state index in [-0.39, 0.29) is 45.8 Å². The van der Waals surface area contributed by atoms with Gasteiger partial charge in [0.25, 0.3) is 23.6 Å². The maximum Gasteiger partial charge on any atom is 0.410 e. The van der Waals surface area contributed by atoms with E-state index >= 15 is 0 Å². The van der Waals surface area contributed by atoms with E-state index in [2.05, 4.69) is 76.3 Å². The Morgan fingerprint density at radius 2 is 1.04 bits per heavy atom. The number of amides is 5. The Balaban J connectivity index is 0.000000202. The van der Waals surface area contributed by atoms with Crippen molar-refractivity contribution >= 4 is 98.3 Å². The highest BCUT2D eigenvalue weighted by Crippen LogP contribution is 2.33. The van der Waals surface area contributed by atoms with E-state index in [4.69, 9.17) is 37.4 Å². The Bertz CT molecular complexity index is 3530. The third-order valence-electron chi connectivity index (χ3n) is 13.4. The molecule has 2 aliphatic heterocycles. The number of halogens is 2. The predicted molar refractivity (Wildman–Crippen MR) is 317 cm³/mol. The minimum Gasteiger partial charge on any atom is -0.493 e. The molecule has 6 heterocycles. The molecule has 4 aromatic carbocycles. The summed E-state index contributed by atoms with van der Waals surface area (Å²) in [6.45, 7) is 19.2. The first-order valence-corrected chi connectivity index (χ1v) is 27.9. The molecule has 0 radical (unpaired) electrons. The molecule has 0 atom stereocenters. The smallest absolute Gasteiger partial charge is 0.410 e. The number of para-hydroxylation sites is 4. The number of imidazole rings is 4. The van der Waals surface area contributed by atoms with E-state index in [1.165, 1.54) is 12.7 Å². The molecule has 436 valence electrons. The SMILES string of the molecule is Cc1cc(NC(=O)c2nc[nH]c2C(=O)Nc2nc3ccccc3[nH]2)c(Cl)cc1OCCCN1CCN(C(=O)OC(C)(C)C)CC1.Cc1cc(NC(=O)c2nc[nH]c2C(=O)Nc2nc3ccccc3[nH]2)c(Cl)cc1OCCCN1CCNCC1. The first kappa shape index (κ1) is 59.1. The van der Waals surface area contributed by atoms with E-state index in [0.717, 1.165) is 87.4 Å². The maximum absolute atomic E-state index is 13.1. The second-order valence-electron chi connectivity index (χ2n) is 20.8. The molecule has 24 nitrogen and oxygen atoms in total. The van der Waals surface area contributed by atoms with Gasteiger partial charge in [0.15, 0.2) is 11.4 Å². The number of benzene rings is 4. The Morgan fingerprint density at radius 3 is 1.48 bits per heavy atom. The Hall–Kier alpha value is -8.55. The third-order valence-corrected chi connectivity index (χ3v) is 14.0. The van der Waals surface area contributed by atoms with Crippen molar-refractivity contribution in [3.8, 4) is 11.5 Å². The summed E-state index contributed by atoms with van der Waals surface area (Å²) in [7, 11) is 0. The molecule has 0 spiro atoms. The zero-order valence-electron chi connectivity index (χ0n) is 46.6. The number of ether oxygens (including phenoxy) is 3. The van der Waals surface area contributed by atoms with Crippen molar-refractivity contribution in [2.24, 2.45) is 0 Å². The average molecular weight is 1170 g/mol. The predicted octanol–water partition coefficient (Wildman–Crippen LogP) is 8.50. The molecule has 26 heteroatoms. The lowest BCUT2D eigenvalue weighted by Gasteiger charge is -2.35. The van der Waals surface area contributed by atoms with Crippen LogP contribution >= 0.6 is 23.2 Å². The monoisotopic (exact) mass is 1170 g/mol. The zero-order chi connectivity index (χ0) is 58.6. The highest BCUT2D eigenvalue weighted by molar-refractivity contribution is 6.34. The van der Waals surface area contributed by atoms with Crippen LogP contribution in [0.5, 0.6) is 11.5 Å². The summed E-state index contributed by atoms with van der Waals surface area (Å²) in [5.41, 5.74) is 4.64. The van der Waals surface area contributed by atoms with E-state index in [1.54, 1.807) is 29.2 Å². The minimum atomic E-state index is -0.604. The second-order valence-corrected chi connectivity index (χ2v) is 21.6. The van der Waals surface area contributed by atoms with E-state index in [1.807, 2.05) is 83.1 Å². The van der Waals surface area contributed by atoms with Crippen LogP contribution in [0.15, 0.2) is 85.5 Å². The zero-order valence-corrected chi connectivity index (χ0v) is 48.1. The van der Waals surface area contributed by atoms with Crippen LogP contribution in [0.1, 0.15) is 86.7 Å². The average Bonchev–Trinajstić information content (AvgIpc) is 4.48. The molecule has 0 aliphatic carbocycles. The van der Waals surface area contributed by atoms with E-state index in [9.17, 15) is 24.0 Å². The Kier molecular flexibility index (Phi) is 19.2. The van der Waals surface area contributed by atoms with Crippen molar-refractivity contribution in [2.45, 2.75) is 53.1 Å². The lowest BCUT2D eigenvalue weighted by atomic mass is 10.2. The van der Waals surface area contributed by atoms with Gasteiger partial charge in [-0.25, -0.2) is 24.7 Å². The number of nitrogens with one attached hydrogen (secondary N) is 9. The number of carbonyl (C=O) groups excluding carboxylic acids is 5. The summed E-state index contributed by atoms with van der Waals surface area (Å²) in [5.74, 6) is -0.528. The Morgan fingerprint density at radius 1 is 0.590 bits per heavy atom. The molecular formula is C57H66Cl2N16O8. The molecule has 2 aliphatic rings. The molecule has 8 aromatic rings. The lowest BCUT2D eigenvalue weighted by molar-refractivity contribution is 0.0141. The van der Waals surface area contributed by atoms with Crippen LogP contribution in [-0.2, 0) is 4.74 Å². The molecule has 83 heavy (non-hydrogen) atoms. The minimum absolute atomic E-state index is 0.000223. The fraction of sp³-hybridized carbons (Fsp3) is 0.351. The van der Waals surface area contributed by atoms with Gasteiger partial charge < -0.3 is 59.9 Å². The highest BCUT2D eigenvalue weighted by atomic mass is 35.5. The number of aryl methyl sites for hydroxylation is 2. The number of hydrogen-bond donors (Lipinski definition) is 9. The first-order valence-electron chi connectivity index (χ1n) is 27.2. The molecule has 2 fully saturated rings. The lowest BCUT2D eigenvalue weighted by Crippen LogP contribution is -2.50. The van der Waals surface area contributed by atoms with Crippen LogP contribution in [0.4, 0.5) is 28.1 Å². The van der Waals surface area contributed by atoms with Crippen LogP contribution in [0.25, 0.3) is 22.1 Å². The molecule has 0 unspecified atom stereocenters. The number of rotatable bonds is 18. The third kappa shape index (κ3) is 15.7. The summed E-state index contributed by atoms with van der Waals surface area (Å²) < 4.78 is 17.4. The summed E-state index contributed by atoms with van der Waals surface area (Å²) in [6.07, 6.45) is 3.99. The molecule has 10 rings (SSSR count). The van der Waals surface area contributed by atoms with Gasteiger partial charge in [0.2, 0.25) is 11.9 Å². The topological polar surface area (TPSA) is 298 Å². The van der Waals surface area contributed by atoms with Gasteiger partial charge in [0, 0.05) is 77.6 Å². The second kappa shape index (κ2) is 27.0. The number of aromatic nitrogens is 8. The standard InChI is InChI=1S/C31H37ClN8O5.C26H29ClN8O3/c1-19-16-23(20(32)17-24(19)44-15-7-10-39-11-13-40(14-12-39)30(43)45-31(2,3)4)35-27(41)25-26(34-18-33-25)28(42)38-29-36-21-8-5-6-9-22(21)37-29;1-16-13-20(17(27)14-21(16)38-12-4-9-35-10-7-28-8-11-35)31-24(36)22-23(30-15-29-22)25(37)34-26-32-18-5-2-3-6-19(18)33-26/h5-6,8-9,16-18H,7,10-15H2,1-4H3,(H,33,34)(H,35,41)(H2,36,37,38,42);2-3,5-6,13-15,28H,4,7-12H2,1H3,(H,29,30)(H,31,36)(H2,32,33,34,37). The van der Waals surface area contributed by atoms with Crippen LogP contribution < -0.4 is 36.1 Å². The van der Waals surface area contributed by atoms with Gasteiger partial charge in [-0.3, -0.25) is 34.7 Å². The van der Waals surface area contributed by atoms with Crippen molar-refractivity contribution in [1.29, 1.82) is 0 Å². The summed E-state index contributed by atoms with van der Waals surface area (Å²) in [6, 6.07) is 21.6. The molecule has 4 aromatic heterocycles. The van der Waals surface area contributed by atoms with Crippen molar-refractivity contribution in [2.75, 3.05) is 99.9 Å². The van der Waals surface area contributed by atoms with Crippen LogP contribution in [-0.4, -0.2) is 169 Å². The molecular weight excluding hydrogens is 1110 g/mol. The number of aromatic amines is 4. The van der Waals surface area contributed by atoms with Crippen molar-refractivity contribution < 1.29 is 38.2 Å². The fourth-order valence-corrected chi connectivity index (χ4v) is 9.59. The Labute approximate surface area is 488 Å². The largest absolute Gasteiger partial charge is 0.493 e. The van der Waals surface area contributed by atoms with E-state index in [0.29, 0.717) is 65.2 Å². The number of carbonyl (C=O) groups is 5. The fourth-order valence-electron chi connectivity index (χ4n) is 9.19. The summed E-state index contributed by atoms with van der Waals surface area (Å²) in [4.78, 5) is 98.8. The molecule has 2 saturated heterocycles. The van der Waals surface area contributed by atoms with Gasteiger partial charge in [-0.05, 0) is 95.0 Å². The van der Waals surface area contributed by atoms with Crippen molar-refractivity contribution in [3.63, 3.8) is 0 Å². The number of hydrogen-bond acceptors (Lipinski definition) is 15.